The first-order valence-corrected chi connectivity index (χ1v) is 4.90. The monoisotopic (exact) mass is 176 g/mol. The smallest absolute Gasteiger partial charge is 0.0896 e. The minimum atomic E-state index is -0.605. The van der Waals surface area contributed by atoms with Crippen molar-refractivity contribution in [1.29, 1.82) is 0 Å². The SMILES string of the molecule is Cc1cccc([C@@](C)(O)C2CC2)c1. The number of aliphatic hydroxyl groups is 1. The molecule has 1 nitrogen and oxygen atoms in total. The first-order chi connectivity index (χ1) is 6.10. The second kappa shape index (κ2) is 2.85. The molecule has 0 radical (unpaired) electrons. The Morgan fingerprint density at radius 3 is 2.62 bits per heavy atom. The molecule has 0 amide bonds. The van der Waals surface area contributed by atoms with E-state index in [-0.39, 0.29) is 0 Å². The second-order valence-electron chi connectivity index (χ2n) is 4.29. The van der Waals surface area contributed by atoms with Crippen LogP contribution in [0, 0.1) is 12.8 Å². The lowest BCUT2D eigenvalue weighted by molar-refractivity contribution is 0.0330. The Bertz CT molecular complexity index is 311. The van der Waals surface area contributed by atoms with Crippen molar-refractivity contribution in [2.24, 2.45) is 5.92 Å². The van der Waals surface area contributed by atoms with E-state index >= 15 is 0 Å². The van der Waals surface area contributed by atoms with Crippen LogP contribution in [0.4, 0.5) is 0 Å². The van der Waals surface area contributed by atoms with Crippen molar-refractivity contribution in [3.63, 3.8) is 0 Å². The Labute approximate surface area is 79.4 Å². The largest absolute Gasteiger partial charge is 0.385 e. The van der Waals surface area contributed by atoms with E-state index in [4.69, 9.17) is 0 Å². The molecule has 1 aromatic rings. The Hall–Kier alpha value is -0.820. The van der Waals surface area contributed by atoms with Gasteiger partial charge in [-0.1, -0.05) is 29.8 Å². The predicted molar refractivity (Wildman–Crippen MR) is 53.5 cm³/mol. The third-order valence-corrected chi connectivity index (χ3v) is 2.97. The summed E-state index contributed by atoms with van der Waals surface area (Å²) in [6, 6.07) is 8.18. The highest BCUT2D eigenvalue weighted by atomic mass is 16.3. The molecule has 1 fully saturated rings. The maximum absolute atomic E-state index is 10.2. The van der Waals surface area contributed by atoms with E-state index < -0.39 is 5.60 Å². The normalized spacial score (nSPS) is 21.2. The Balaban J connectivity index is 2.33. The van der Waals surface area contributed by atoms with Gasteiger partial charge in [-0.2, -0.15) is 0 Å². The van der Waals surface area contributed by atoms with Crippen LogP contribution < -0.4 is 0 Å². The Morgan fingerprint density at radius 2 is 2.08 bits per heavy atom. The number of hydrogen-bond acceptors (Lipinski definition) is 1. The van der Waals surface area contributed by atoms with E-state index in [1.165, 1.54) is 18.4 Å². The van der Waals surface area contributed by atoms with E-state index in [0.717, 1.165) is 5.56 Å². The zero-order chi connectivity index (χ0) is 9.47. The van der Waals surface area contributed by atoms with Gasteiger partial charge in [-0.3, -0.25) is 0 Å². The predicted octanol–water partition coefficient (Wildman–Crippen LogP) is 2.61. The molecule has 0 bridgehead atoms. The first-order valence-electron chi connectivity index (χ1n) is 4.90. The summed E-state index contributed by atoms with van der Waals surface area (Å²) in [7, 11) is 0. The van der Waals surface area contributed by atoms with Crippen LogP contribution in [0.5, 0.6) is 0 Å². The summed E-state index contributed by atoms with van der Waals surface area (Å²) < 4.78 is 0. The molecule has 0 aromatic heterocycles. The standard InChI is InChI=1S/C12H16O/c1-9-4-3-5-11(8-9)12(2,13)10-6-7-10/h3-5,8,10,13H,6-7H2,1-2H3/t12-/m0/s1. The van der Waals surface area contributed by atoms with Crippen LogP contribution in [0.15, 0.2) is 24.3 Å². The molecule has 1 heteroatoms. The Morgan fingerprint density at radius 1 is 1.38 bits per heavy atom. The van der Waals surface area contributed by atoms with Crippen molar-refractivity contribution >= 4 is 0 Å². The van der Waals surface area contributed by atoms with Crippen LogP contribution >= 0.6 is 0 Å². The molecule has 0 heterocycles. The molecule has 1 atom stereocenters. The summed E-state index contributed by atoms with van der Waals surface area (Å²) in [5.41, 5.74) is 1.68. The van der Waals surface area contributed by atoms with Crippen LogP contribution in [0.1, 0.15) is 30.9 Å². The van der Waals surface area contributed by atoms with Crippen molar-refractivity contribution < 1.29 is 5.11 Å². The quantitative estimate of drug-likeness (QED) is 0.734. The van der Waals surface area contributed by atoms with Crippen LogP contribution in [0.3, 0.4) is 0 Å². The summed E-state index contributed by atoms with van der Waals surface area (Å²) in [5, 5.41) is 10.2. The fourth-order valence-corrected chi connectivity index (χ4v) is 1.84. The van der Waals surface area contributed by atoms with Gasteiger partial charge in [-0.25, -0.2) is 0 Å². The van der Waals surface area contributed by atoms with Gasteiger partial charge in [0.15, 0.2) is 0 Å². The number of benzene rings is 1. The molecule has 0 unspecified atom stereocenters. The van der Waals surface area contributed by atoms with E-state index in [9.17, 15) is 5.11 Å². The van der Waals surface area contributed by atoms with E-state index in [2.05, 4.69) is 19.1 Å². The maximum Gasteiger partial charge on any atom is 0.0896 e. The molecule has 1 aliphatic carbocycles. The minimum Gasteiger partial charge on any atom is -0.385 e. The van der Waals surface area contributed by atoms with E-state index in [1.807, 2.05) is 19.1 Å². The molecule has 2 rings (SSSR count). The van der Waals surface area contributed by atoms with Gasteiger partial charge >= 0.3 is 0 Å². The molecule has 0 spiro atoms. The molecular weight excluding hydrogens is 160 g/mol. The van der Waals surface area contributed by atoms with Crippen molar-refractivity contribution in [1.82, 2.24) is 0 Å². The highest BCUT2D eigenvalue weighted by molar-refractivity contribution is 5.28. The van der Waals surface area contributed by atoms with Crippen LogP contribution in [-0.4, -0.2) is 5.11 Å². The average Bonchev–Trinajstić information content (AvgIpc) is 2.86. The van der Waals surface area contributed by atoms with E-state index in [0.29, 0.717) is 5.92 Å². The van der Waals surface area contributed by atoms with Crippen LogP contribution in [0.25, 0.3) is 0 Å². The molecular formula is C12H16O. The molecule has 0 saturated heterocycles. The van der Waals surface area contributed by atoms with Gasteiger partial charge in [-0.15, -0.1) is 0 Å². The molecule has 1 aliphatic rings. The number of rotatable bonds is 2. The lowest BCUT2D eigenvalue weighted by Gasteiger charge is -2.23. The number of hydrogen-bond donors (Lipinski definition) is 1. The fraction of sp³-hybridized carbons (Fsp3) is 0.500. The molecule has 0 aliphatic heterocycles. The zero-order valence-corrected chi connectivity index (χ0v) is 8.25. The average molecular weight is 176 g/mol. The second-order valence-corrected chi connectivity index (χ2v) is 4.29. The topological polar surface area (TPSA) is 20.2 Å². The van der Waals surface area contributed by atoms with Crippen molar-refractivity contribution in [2.45, 2.75) is 32.3 Å². The molecule has 70 valence electrons. The summed E-state index contributed by atoms with van der Waals surface area (Å²) in [4.78, 5) is 0. The van der Waals surface area contributed by atoms with Gasteiger partial charge in [0.2, 0.25) is 0 Å². The van der Waals surface area contributed by atoms with Gasteiger partial charge < -0.3 is 5.11 Å². The van der Waals surface area contributed by atoms with Gasteiger partial charge in [0, 0.05) is 0 Å². The van der Waals surface area contributed by atoms with Crippen LogP contribution in [-0.2, 0) is 5.60 Å². The summed E-state index contributed by atoms with van der Waals surface area (Å²) in [6.45, 7) is 3.99. The van der Waals surface area contributed by atoms with Gasteiger partial charge in [-0.05, 0) is 38.2 Å². The summed E-state index contributed by atoms with van der Waals surface area (Å²) >= 11 is 0. The third kappa shape index (κ3) is 1.61. The summed E-state index contributed by atoms with van der Waals surface area (Å²) in [6.07, 6.45) is 2.34. The maximum atomic E-state index is 10.2. The van der Waals surface area contributed by atoms with Gasteiger partial charge in [0.25, 0.3) is 0 Å². The summed E-state index contributed by atoms with van der Waals surface area (Å²) in [5.74, 6) is 0.481. The lowest BCUT2D eigenvalue weighted by atomic mass is 9.90. The highest BCUT2D eigenvalue weighted by Crippen LogP contribution is 2.45. The third-order valence-electron chi connectivity index (χ3n) is 2.97. The molecule has 13 heavy (non-hydrogen) atoms. The number of aryl methyl sites for hydroxylation is 1. The Kier molecular flexibility index (Phi) is 1.92. The highest BCUT2D eigenvalue weighted by Gasteiger charge is 2.40. The van der Waals surface area contributed by atoms with Crippen molar-refractivity contribution in [3.05, 3.63) is 35.4 Å². The van der Waals surface area contributed by atoms with Gasteiger partial charge in [0.1, 0.15) is 0 Å². The molecule has 1 N–H and O–H groups in total. The first kappa shape index (κ1) is 8.76. The van der Waals surface area contributed by atoms with E-state index in [1.54, 1.807) is 0 Å². The fourth-order valence-electron chi connectivity index (χ4n) is 1.84. The van der Waals surface area contributed by atoms with Crippen LogP contribution in [0.2, 0.25) is 0 Å². The van der Waals surface area contributed by atoms with Crippen molar-refractivity contribution in [3.8, 4) is 0 Å². The minimum absolute atomic E-state index is 0.481. The lowest BCUT2D eigenvalue weighted by Crippen LogP contribution is -2.23. The molecule has 1 saturated carbocycles. The van der Waals surface area contributed by atoms with Crippen molar-refractivity contribution in [2.75, 3.05) is 0 Å². The molecule has 1 aromatic carbocycles. The zero-order valence-electron chi connectivity index (χ0n) is 8.25. The van der Waals surface area contributed by atoms with Gasteiger partial charge in [0.05, 0.1) is 5.60 Å².